The number of amides is 4. The van der Waals surface area contributed by atoms with Gasteiger partial charge in [0.05, 0.1) is 13.0 Å². The van der Waals surface area contributed by atoms with Crippen molar-refractivity contribution >= 4 is 23.6 Å². The highest BCUT2D eigenvalue weighted by Crippen LogP contribution is 2.08. The van der Waals surface area contributed by atoms with Crippen LogP contribution in [0.2, 0.25) is 0 Å². The lowest BCUT2D eigenvalue weighted by atomic mass is 10.2. The molecule has 4 amide bonds. The summed E-state index contributed by atoms with van der Waals surface area (Å²) in [4.78, 5) is 46.8. The highest BCUT2D eigenvalue weighted by atomic mass is 16.2. The number of primary amides is 1. The molecular formula is C13H28N6O4. The van der Waals surface area contributed by atoms with Gasteiger partial charge in [0.25, 0.3) is 0 Å². The van der Waals surface area contributed by atoms with Crippen molar-refractivity contribution in [1.29, 1.82) is 0 Å². The molecule has 1 aliphatic rings. The van der Waals surface area contributed by atoms with Crippen molar-refractivity contribution in [2.24, 2.45) is 17.2 Å². The fourth-order valence-electron chi connectivity index (χ4n) is 1.87. The highest BCUT2D eigenvalue weighted by molar-refractivity contribution is 5.93. The molecule has 0 unspecified atom stereocenters. The van der Waals surface area contributed by atoms with E-state index in [0.29, 0.717) is 13.0 Å². The van der Waals surface area contributed by atoms with Crippen molar-refractivity contribution < 1.29 is 19.2 Å². The quantitative estimate of drug-likeness (QED) is 0.343. The predicted octanol–water partition coefficient (Wildman–Crippen LogP) is -3.14. The van der Waals surface area contributed by atoms with Crippen LogP contribution in [0.3, 0.4) is 0 Å². The molecule has 0 aliphatic carbocycles. The number of rotatable bonds is 6. The molecule has 0 aromatic heterocycles. The molecule has 0 aromatic carbocycles. The van der Waals surface area contributed by atoms with Crippen LogP contribution in [0.5, 0.6) is 0 Å². The van der Waals surface area contributed by atoms with Crippen molar-refractivity contribution in [3.05, 3.63) is 0 Å². The zero-order valence-corrected chi connectivity index (χ0v) is 13.9. The largest absolute Gasteiger partial charge is 0.370 e. The Kier molecular flexibility index (Phi) is 13.5. The van der Waals surface area contributed by atoms with Crippen LogP contribution < -0.4 is 27.8 Å². The van der Waals surface area contributed by atoms with Crippen LogP contribution in [-0.2, 0) is 19.2 Å². The Bertz CT molecular complexity index is 402. The first kappa shape index (κ1) is 23.1. The van der Waals surface area contributed by atoms with Crippen LogP contribution in [0.1, 0.15) is 19.3 Å². The minimum Gasteiger partial charge on any atom is -0.370 e. The summed E-state index contributed by atoms with van der Waals surface area (Å²) < 4.78 is 0. The number of nitrogens with zero attached hydrogens (tertiary/aromatic N) is 1. The summed E-state index contributed by atoms with van der Waals surface area (Å²) >= 11 is 0. The van der Waals surface area contributed by atoms with Gasteiger partial charge in [0.1, 0.15) is 6.04 Å². The van der Waals surface area contributed by atoms with E-state index in [-0.39, 0.29) is 18.9 Å². The van der Waals surface area contributed by atoms with Crippen LogP contribution in [0, 0.1) is 0 Å². The zero-order chi connectivity index (χ0) is 18.4. The van der Waals surface area contributed by atoms with Gasteiger partial charge in [-0.2, -0.15) is 0 Å². The Morgan fingerprint density at radius 2 is 1.78 bits per heavy atom. The molecule has 23 heavy (non-hydrogen) atoms. The van der Waals surface area contributed by atoms with E-state index in [4.69, 9.17) is 5.73 Å². The van der Waals surface area contributed by atoms with Crippen LogP contribution in [0.4, 0.5) is 0 Å². The number of likely N-dealkylation sites (tertiary alicyclic amines) is 1. The van der Waals surface area contributed by atoms with Crippen molar-refractivity contribution in [2.45, 2.75) is 25.3 Å². The van der Waals surface area contributed by atoms with Crippen molar-refractivity contribution in [3.63, 3.8) is 0 Å². The molecule has 10 nitrogen and oxygen atoms in total. The number of likely N-dealkylation sites (N-methyl/N-ethyl adjacent to an activating group) is 1. The maximum atomic E-state index is 11.7. The second-order valence-corrected chi connectivity index (χ2v) is 4.32. The van der Waals surface area contributed by atoms with Crippen LogP contribution in [-0.4, -0.2) is 68.8 Å². The summed E-state index contributed by atoms with van der Waals surface area (Å²) in [6.07, 6.45) is 0.888. The summed E-state index contributed by atoms with van der Waals surface area (Å²) in [6.45, 7) is 0.428. The van der Waals surface area contributed by atoms with Gasteiger partial charge in [0.2, 0.25) is 23.6 Å². The van der Waals surface area contributed by atoms with Crippen molar-refractivity contribution in [1.82, 2.24) is 15.5 Å². The van der Waals surface area contributed by atoms with E-state index in [1.807, 2.05) is 0 Å². The molecule has 0 saturated carbocycles. The first-order valence-electron chi connectivity index (χ1n) is 7.16. The van der Waals surface area contributed by atoms with Crippen molar-refractivity contribution in [2.75, 3.05) is 34.2 Å². The summed E-state index contributed by atoms with van der Waals surface area (Å²) in [6, 6.07) is -1.01. The smallest absolute Gasteiger partial charge is 0.242 e. The number of carbonyl (C=O) groups excluding carboxylic acids is 4. The third-order valence-electron chi connectivity index (χ3n) is 2.81. The standard InChI is InChI=1S/C11H18N4O4.2CH5N/c1-13-11(19)7(5-8(12)16)14-9(17)6-15-4-2-3-10(15)18;2*1-2/h7H,2-6H2,1H3,(H2,12,16)(H,13,19)(H,14,17);2*2H2,1H3/t7-;;/m0../s1. The average molecular weight is 332 g/mol. The van der Waals surface area contributed by atoms with Gasteiger partial charge >= 0.3 is 0 Å². The van der Waals surface area contributed by atoms with Gasteiger partial charge in [0.15, 0.2) is 0 Å². The fraction of sp³-hybridized carbons (Fsp3) is 0.692. The number of carbonyl (C=O) groups is 4. The number of nitrogens with two attached hydrogens (primary N) is 3. The maximum Gasteiger partial charge on any atom is 0.242 e. The Labute approximate surface area is 136 Å². The SMILES string of the molecule is CN.CN.CNC(=O)[C@H](CC(N)=O)NC(=O)CN1CCCC1=O. The highest BCUT2D eigenvalue weighted by Gasteiger charge is 2.26. The molecule has 1 rings (SSSR count). The monoisotopic (exact) mass is 332 g/mol. The maximum absolute atomic E-state index is 11.7. The molecule has 1 aliphatic heterocycles. The lowest BCUT2D eigenvalue weighted by Gasteiger charge is -2.19. The predicted molar refractivity (Wildman–Crippen MR) is 85.8 cm³/mol. The van der Waals surface area contributed by atoms with E-state index >= 15 is 0 Å². The van der Waals surface area contributed by atoms with Gasteiger partial charge in [-0.25, -0.2) is 0 Å². The second kappa shape index (κ2) is 13.5. The Balaban J connectivity index is 0. The molecule has 8 N–H and O–H groups in total. The fourth-order valence-corrected chi connectivity index (χ4v) is 1.87. The van der Waals surface area contributed by atoms with E-state index < -0.39 is 23.8 Å². The minimum absolute atomic E-state index is 0.0819. The first-order chi connectivity index (χ1) is 10.9. The minimum atomic E-state index is -1.01. The molecule has 10 heteroatoms. The molecule has 0 radical (unpaired) electrons. The number of nitrogens with one attached hydrogen (secondary N) is 2. The molecule has 0 bridgehead atoms. The molecule has 1 heterocycles. The third-order valence-corrected chi connectivity index (χ3v) is 2.81. The lowest BCUT2D eigenvalue weighted by Crippen LogP contribution is -2.50. The molecule has 0 aromatic rings. The summed E-state index contributed by atoms with van der Waals surface area (Å²) in [7, 11) is 4.40. The normalized spacial score (nSPS) is 13.8. The number of hydrogen-bond donors (Lipinski definition) is 5. The first-order valence-corrected chi connectivity index (χ1v) is 7.16. The van der Waals surface area contributed by atoms with Gasteiger partial charge in [-0.1, -0.05) is 0 Å². The average Bonchev–Trinajstić information content (AvgIpc) is 2.94. The Hall–Kier alpha value is -2.20. The summed E-state index contributed by atoms with van der Waals surface area (Å²) in [5.74, 6) is -1.75. The molecule has 1 atom stereocenters. The zero-order valence-electron chi connectivity index (χ0n) is 13.9. The Morgan fingerprint density at radius 3 is 2.17 bits per heavy atom. The van der Waals surface area contributed by atoms with Gasteiger partial charge in [0, 0.05) is 20.0 Å². The van der Waals surface area contributed by atoms with E-state index in [9.17, 15) is 19.2 Å². The van der Waals surface area contributed by atoms with E-state index in [1.165, 1.54) is 26.0 Å². The van der Waals surface area contributed by atoms with Gasteiger partial charge < -0.3 is 32.7 Å². The molecule has 1 fully saturated rings. The topological polar surface area (TPSA) is 174 Å². The Morgan fingerprint density at radius 1 is 1.22 bits per heavy atom. The van der Waals surface area contributed by atoms with Crippen LogP contribution in [0.15, 0.2) is 0 Å². The van der Waals surface area contributed by atoms with Crippen molar-refractivity contribution in [3.8, 4) is 0 Å². The van der Waals surface area contributed by atoms with Gasteiger partial charge in [-0.3, -0.25) is 19.2 Å². The van der Waals surface area contributed by atoms with E-state index in [0.717, 1.165) is 6.42 Å². The second-order valence-electron chi connectivity index (χ2n) is 4.32. The summed E-state index contributed by atoms with van der Waals surface area (Å²) in [5, 5.41) is 4.74. The molecule has 0 spiro atoms. The molecule has 1 saturated heterocycles. The summed E-state index contributed by atoms with van der Waals surface area (Å²) in [5.41, 5.74) is 14.0. The molecule has 134 valence electrons. The molecular weight excluding hydrogens is 304 g/mol. The van der Waals surface area contributed by atoms with Gasteiger partial charge in [-0.05, 0) is 20.5 Å². The van der Waals surface area contributed by atoms with Gasteiger partial charge in [-0.15, -0.1) is 0 Å². The third kappa shape index (κ3) is 9.42. The van der Waals surface area contributed by atoms with Crippen LogP contribution in [0.25, 0.3) is 0 Å². The lowest BCUT2D eigenvalue weighted by molar-refractivity contribution is -0.135. The van der Waals surface area contributed by atoms with E-state index in [1.54, 1.807) is 0 Å². The van der Waals surface area contributed by atoms with E-state index in [2.05, 4.69) is 22.1 Å². The van der Waals surface area contributed by atoms with Crippen LogP contribution >= 0.6 is 0 Å². The number of hydrogen-bond acceptors (Lipinski definition) is 6.